The van der Waals surface area contributed by atoms with Crippen LogP contribution in [0.15, 0.2) is 41.8 Å². The molecule has 1 aromatic heterocycles. The molecule has 33 heavy (non-hydrogen) atoms. The Morgan fingerprint density at radius 1 is 1.03 bits per heavy atom. The predicted molar refractivity (Wildman–Crippen MR) is 130 cm³/mol. The molecule has 1 fully saturated rings. The molecular weight excluding hydrogens is 438 g/mol. The quantitative estimate of drug-likeness (QED) is 0.616. The smallest absolute Gasteiger partial charge is 0.263 e. The minimum atomic E-state index is -0.667. The van der Waals surface area contributed by atoms with Gasteiger partial charge in [0.2, 0.25) is 5.91 Å². The van der Waals surface area contributed by atoms with Crippen molar-refractivity contribution in [3.8, 4) is 5.75 Å². The summed E-state index contributed by atoms with van der Waals surface area (Å²) in [6.07, 6.45) is 1.29. The number of nitrogens with zero attached hydrogens (tertiary/aromatic N) is 1. The normalized spacial score (nSPS) is 16.2. The molecule has 2 atom stereocenters. The molecule has 3 rings (SSSR count). The van der Waals surface area contributed by atoms with Crippen molar-refractivity contribution in [1.29, 1.82) is 0 Å². The molecule has 0 radical (unpaired) electrons. The minimum absolute atomic E-state index is 0.0154. The van der Waals surface area contributed by atoms with Gasteiger partial charge in [0.05, 0.1) is 12.0 Å². The Morgan fingerprint density at radius 2 is 1.70 bits per heavy atom. The van der Waals surface area contributed by atoms with E-state index < -0.39 is 6.04 Å². The van der Waals surface area contributed by atoms with Gasteiger partial charge in [0.25, 0.3) is 11.8 Å². The second kappa shape index (κ2) is 11.3. The van der Waals surface area contributed by atoms with Crippen LogP contribution in [-0.4, -0.2) is 54.9 Å². The maximum atomic E-state index is 13.2. The third-order valence-electron chi connectivity index (χ3n) is 6.32. The van der Waals surface area contributed by atoms with E-state index in [0.29, 0.717) is 37.2 Å². The third kappa shape index (κ3) is 6.35. The predicted octanol–water partition coefficient (Wildman–Crippen LogP) is 3.57. The van der Waals surface area contributed by atoms with Crippen molar-refractivity contribution in [2.75, 3.05) is 20.2 Å². The van der Waals surface area contributed by atoms with E-state index in [1.54, 1.807) is 31.4 Å². The van der Waals surface area contributed by atoms with Gasteiger partial charge < -0.3 is 20.3 Å². The van der Waals surface area contributed by atoms with Crippen LogP contribution >= 0.6 is 11.3 Å². The van der Waals surface area contributed by atoms with Crippen LogP contribution in [0.3, 0.4) is 0 Å². The van der Waals surface area contributed by atoms with Gasteiger partial charge in [0.15, 0.2) is 0 Å². The molecule has 7 nitrogen and oxygen atoms in total. The monoisotopic (exact) mass is 471 g/mol. The molecule has 0 bridgehead atoms. The van der Waals surface area contributed by atoms with Crippen LogP contribution < -0.4 is 15.4 Å². The highest BCUT2D eigenvalue weighted by molar-refractivity contribution is 7.12. The number of likely N-dealkylation sites (tertiary alicyclic amines) is 1. The van der Waals surface area contributed by atoms with Crippen LogP contribution in [0, 0.1) is 11.8 Å². The van der Waals surface area contributed by atoms with Crippen LogP contribution in [0.5, 0.6) is 5.75 Å². The van der Waals surface area contributed by atoms with Gasteiger partial charge in [-0.15, -0.1) is 11.3 Å². The molecule has 178 valence electrons. The molecule has 2 aromatic rings. The molecule has 0 aliphatic carbocycles. The first-order valence-electron chi connectivity index (χ1n) is 11.4. The number of piperidine rings is 1. The number of hydrogen-bond acceptors (Lipinski definition) is 5. The van der Waals surface area contributed by atoms with Gasteiger partial charge in [-0.25, -0.2) is 0 Å². The summed E-state index contributed by atoms with van der Waals surface area (Å²) in [6.45, 7) is 7.18. The molecule has 8 heteroatoms. The Hall–Kier alpha value is -2.87. The Labute approximate surface area is 199 Å². The molecule has 1 aliphatic heterocycles. The van der Waals surface area contributed by atoms with Gasteiger partial charge >= 0.3 is 0 Å². The average Bonchev–Trinajstić information content (AvgIpc) is 3.37. The van der Waals surface area contributed by atoms with E-state index in [-0.39, 0.29) is 35.6 Å². The number of carbonyl (C=O) groups excluding carboxylic acids is 3. The number of thiophene rings is 1. The number of ether oxygens (including phenoxy) is 1. The van der Waals surface area contributed by atoms with Gasteiger partial charge in [-0.2, -0.15) is 0 Å². The lowest BCUT2D eigenvalue weighted by atomic mass is 9.88. The van der Waals surface area contributed by atoms with E-state index >= 15 is 0 Å². The first-order valence-corrected chi connectivity index (χ1v) is 12.3. The van der Waals surface area contributed by atoms with Crippen LogP contribution in [0.1, 0.15) is 53.6 Å². The van der Waals surface area contributed by atoms with Crippen molar-refractivity contribution >= 4 is 29.1 Å². The molecule has 1 aliphatic rings. The topological polar surface area (TPSA) is 87.7 Å². The number of rotatable bonds is 8. The van der Waals surface area contributed by atoms with Crippen LogP contribution in [0.25, 0.3) is 0 Å². The summed E-state index contributed by atoms with van der Waals surface area (Å²) in [7, 11) is 1.57. The number of benzene rings is 1. The molecule has 0 spiro atoms. The summed E-state index contributed by atoms with van der Waals surface area (Å²) in [4.78, 5) is 41.4. The van der Waals surface area contributed by atoms with E-state index in [9.17, 15) is 14.4 Å². The fraction of sp³-hybridized carbons (Fsp3) is 0.480. The fourth-order valence-corrected chi connectivity index (χ4v) is 4.53. The lowest BCUT2D eigenvalue weighted by Crippen LogP contribution is -2.55. The summed E-state index contributed by atoms with van der Waals surface area (Å²) < 4.78 is 5.16. The van der Waals surface area contributed by atoms with E-state index in [1.807, 2.05) is 43.2 Å². The van der Waals surface area contributed by atoms with Crippen LogP contribution in [-0.2, 0) is 4.79 Å². The Balaban J connectivity index is 1.70. The summed E-state index contributed by atoms with van der Waals surface area (Å²) in [5.41, 5.74) is 0.468. The largest absolute Gasteiger partial charge is 0.497 e. The number of methoxy groups -OCH3 is 1. The summed E-state index contributed by atoms with van der Waals surface area (Å²) in [6, 6.07) is 9.83. The second-order valence-corrected chi connectivity index (χ2v) is 9.78. The summed E-state index contributed by atoms with van der Waals surface area (Å²) >= 11 is 1.43. The fourth-order valence-electron chi connectivity index (χ4n) is 3.84. The maximum Gasteiger partial charge on any atom is 0.263 e. The zero-order valence-electron chi connectivity index (χ0n) is 19.7. The average molecular weight is 472 g/mol. The molecule has 0 unspecified atom stereocenters. The van der Waals surface area contributed by atoms with Crippen LogP contribution in [0.4, 0.5) is 0 Å². The Bertz CT molecular complexity index is 935. The van der Waals surface area contributed by atoms with Gasteiger partial charge in [-0.1, -0.05) is 19.9 Å². The highest BCUT2D eigenvalue weighted by Gasteiger charge is 2.35. The zero-order chi connectivity index (χ0) is 24.0. The zero-order valence-corrected chi connectivity index (χ0v) is 20.5. The highest BCUT2D eigenvalue weighted by Crippen LogP contribution is 2.24. The standard InChI is InChI=1S/C25H33N3O4S/c1-16(2)17(3)26-24(30)22(27-23(29)19-7-9-20(32-4)10-8-19)18-11-13-28(14-12-18)25(31)21-6-5-15-33-21/h5-10,15-18,22H,11-14H2,1-4H3,(H,26,30)(H,27,29)/t17-,22+/m1/s1. The van der Waals surface area contributed by atoms with Crippen molar-refractivity contribution in [3.63, 3.8) is 0 Å². The van der Waals surface area contributed by atoms with Crippen molar-refractivity contribution in [2.45, 2.75) is 45.7 Å². The molecule has 1 aromatic carbocycles. The van der Waals surface area contributed by atoms with Gasteiger partial charge in [-0.3, -0.25) is 14.4 Å². The first-order chi connectivity index (χ1) is 15.8. The number of carbonyl (C=O) groups is 3. The first kappa shape index (κ1) is 24.8. The highest BCUT2D eigenvalue weighted by atomic mass is 32.1. The molecule has 0 saturated carbocycles. The number of nitrogens with one attached hydrogen (secondary N) is 2. The Kier molecular flexibility index (Phi) is 8.49. The van der Waals surface area contributed by atoms with Crippen molar-refractivity contribution in [3.05, 3.63) is 52.2 Å². The van der Waals surface area contributed by atoms with Gasteiger partial charge in [-0.05, 0) is 67.3 Å². The SMILES string of the molecule is COc1ccc(C(=O)N[C@H](C(=O)N[C@H](C)C(C)C)C2CCN(C(=O)c3cccs3)CC2)cc1. The van der Waals surface area contributed by atoms with E-state index in [4.69, 9.17) is 4.74 Å². The lowest BCUT2D eigenvalue weighted by Gasteiger charge is -2.36. The second-order valence-electron chi connectivity index (χ2n) is 8.83. The van der Waals surface area contributed by atoms with Crippen molar-refractivity contribution in [2.24, 2.45) is 11.8 Å². The maximum absolute atomic E-state index is 13.2. The van der Waals surface area contributed by atoms with Gasteiger partial charge in [0.1, 0.15) is 11.8 Å². The van der Waals surface area contributed by atoms with Gasteiger partial charge in [0, 0.05) is 24.7 Å². The van der Waals surface area contributed by atoms with Crippen LogP contribution in [0.2, 0.25) is 0 Å². The third-order valence-corrected chi connectivity index (χ3v) is 7.18. The summed E-state index contributed by atoms with van der Waals surface area (Å²) in [5.74, 6) is 0.429. The van der Waals surface area contributed by atoms with Crippen molar-refractivity contribution in [1.82, 2.24) is 15.5 Å². The van der Waals surface area contributed by atoms with Crippen molar-refractivity contribution < 1.29 is 19.1 Å². The lowest BCUT2D eigenvalue weighted by molar-refractivity contribution is -0.125. The number of hydrogen-bond donors (Lipinski definition) is 2. The van der Waals surface area contributed by atoms with E-state index in [1.165, 1.54) is 11.3 Å². The number of amides is 3. The molecule has 3 amide bonds. The molecule has 1 saturated heterocycles. The molecular formula is C25H33N3O4S. The molecule has 2 heterocycles. The van der Waals surface area contributed by atoms with E-state index in [0.717, 1.165) is 4.88 Å². The van der Waals surface area contributed by atoms with E-state index in [2.05, 4.69) is 10.6 Å². The summed E-state index contributed by atoms with van der Waals surface area (Å²) in [5, 5.41) is 7.91. The Morgan fingerprint density at radius 3 is 2.24 bits per heavy atom. The molecule has 2 N–H and O–H groups in total. The minimum Gasteiger partial charge on any atom is -0.497 e.